The highest BCUT2D eigenvalue weighted by atomic mass is 28.3. The van der Waals surface area contributed by atoms with Gasteiger partial charge in [-0.25, -0.2) is 0 Å². The van der Waals surface area contributed by atoms with E-state index in [1.54, 1.807) is 10.8 Å². The third-order valence-electron chi connectivity index (χ3n) is 3.95. The molecule has 0 unspecified atom stereocenters. The monoisotopic (exact) mass is 267 g/mol. The van der Waals surface area contributed by atoms with Gasteiger partial charge in [-0.1, -0.05) is 73.7 Å². The normalized spacial score (nSPS) is 11.5. The van der Waals surface area contributed by atoms with E-state index in [1.807, 2.05) is 12.1 Å². The van der Waals surface area contributed by atoms with Crippen molar-refractivity contribution in [2.75, 3.05) is 0 Å². The molecule has 0 fully saturated rings. The maximum absolute atomic E-state index is 3.09. The molecular weight excluding hydrogens is 244 g/mol. The SMILES string of the molecule is CCc1ccccc1[Si](C)(C)CCc1cc[c]cc1. The second kappa shape index (κ2) is 6.20. The lowest BCUT2D eigenvalue weighted by molar-refractivity contribution is 1.09. The van der Waals surface area contributed by atoms with Gasteiger partial charge in [0.25, 0.3) is 0 Å². The van der Waals surface area contributed by atoms with Gasteiger partial charge in [-0.3, -0.25) is 0 Å². The molecule has 0 atom stereocenters. The summed E-state index contributed by atoms with van der Waals surface area (Å²) in [6.07, 6.45) is 2.33. The lowest BCUT2D eigenvalue weighted by Crippen LogP contribution is -2.43. The molecule has 2 aromatic carbocycles. The fourth-order valence-electron chi connectivity index (χ4n) is 2.67. The van der Waals surface area contributed by atoms with Crippen LogP contribution in [0.3, 0.4) is 0 Å². The van der Waals surface area contributed by atoms with Crippen LogP contribution in [0, 0.1) is 6.07 Å². The Balaban J connectivity index is 2.13. The third-order valence-corrected chi connectivity index (χ3v) is 7.40. The first-order valence-electron chi connectivity index (χ1n) is 7.17. The summed E-state index contributed by atoms with van der Waals surface area (Å²) in [7, 11) is -1.34. The summed E-state index contributed by atoms with van der Waals surface area (Å²) >= 11 is 0. The van der Waals surface area contributed by atoms with Crippen molar-refractivity contribution >= 4 is 13.3 Å². The molecule has 0 N–H and O–H groups in total. The van der Waals surface area contributed by atoms with Crippen molar-refractivity contribution in [2.45, 2.75) is 38.9 Å². The van der Waals surface area contributed by atoms with Crippen molar-refractivity contribution in [3.05, 3.63) is 65.7 Å². The Morgan fingerprint density at radius 1 is 1.00 bits per heavy atom. The van der Waals surface area contributed by atoms with Crippen LogP contribution in [0.15, 0.2) is 48.5 Å². The molecule has 0 spiro atoms. The summed E-state index contributed by atoms with van der Waals surface area (Å²) in [5.74, 6) is 0. The smallest absolute Gasteiger partial charge is 0.0654 e. The Morgan fingerprint density at radius 2 is 1.68 bits per heavy atom. The molecule has 0 saturated carbocycles. The molecule has 0 saturated heterocycles. The van der Waals surface area contributed by atoms with Crippen LogP contribution in [-0.2, 0) is 12.8 Å². The Kier molecular flexibility index (Phi) is 4.59. The highest BCUT2D eigenvalue weighted by Gasteiger charge is 2.24. The zero-order valence-electron chi connectivity index (χ0n) is 12.2. The molecule has 0 aliphatic rings. The van der Waals surface area contributed by atoms with E-state index < -0.39 is 8.07 Å². The van der Waals surface area contributed by atoms with Gasteiger partial charge in [0.1, 0.15) is 0 Å². The third kappa shape index (κ3) is 3.57. The number of hydrogen-bond donors (Lipinski definition) is 0. The van der Waals surface area contributed by atoms with Crippen molar-refractivity contribution in [1.82, 2.24) is 0 Å². The maximum atomic E-state index is 3.09. The molecular formula is C18H23Si. The van der Waals surface area contributed by atoms with E-state index in [1.165, 1.54) is 18.0 Å². The zero-order valence-corrected chi connectivity index (χ0v) is 13.2. The average molecular weight is 267 g/mol. The maximum Gasteiger partial charge on any atom is 0.0813 e. The van der Waals surface area contributed by atoms with E-state index in [4.69, 9.17) is 0 Å². The molecule has 2 aromatic rings. The molecule has 0 bridgehead atoms. The second-order valence-electron chi connectivity index (χ2n) is 5.80. The highest BCUT2D eigenvalue weighted by Crippen LogP contribution is 2.16. The van der Waals surface area contributed by atoms with Crippen LogP contribution in [0.25, 0.3) is 0 Å². The molecule has 0 nitrogen and oxygen atoms in total. The zero-order chi connectivity index (χ0) is 13.7. The molecule has 0 heterocycles. The fraction of sp³-hybridized carbons (Fsp3) is 0.333. The molecule has 2 rings (SSSR count). The van der Waals surface area contributed by atoms with E-state index in [0.29, 0.717) is 0 Å². The van der Waals surface area contributed by atoms with Crippen molar-refractivity contribution in [3.63, 3.8) is 0 Å². The van der Waals surface area contributed by atoms with E-state index in [-0.39, 0.29) is 0 Å². The van der Waals surface area contributed by atoms with Crippen molar-refractivity contribution in [3.8, 4) is 0 Å². The van der Waals surface area contributed by atoms with Crippen LogP contribution in [-0.4, -0.2) is 8.07 Å². The number of rotatable bonds is 5. The molecule has 0 aliphatic heterocycles. The largest absolute Gasteiger partial charge is 0.0813 e. The summed E-state index contributed by atoms with van der Waals surface area (Å²) in [5, 5.41) is 1.64. The number of hydrogen-bond acceptors (Lipinski definition) is 0. The summed E-state index contributed by atoms with van der Waals surface area (Å²) in [5.41, 5.74) is 2.98. The van der Waals surface area contributed by atoms with Crippen LogP contribution in [0.2, 0.25) is 19.1 Å². The summed E-state index contributed by atoms with van der Waals surface area (Å²) in [6, 6.07) is 21.8. The van der Waals surface area contributed by atoms with Gasteiger partial charge in [0, 0.05) is 0 Å². The summed E-state index contributed by atoms with van der Waals surface area (Å²) in [4.78, 5) is 0. The van der Waals surface area contributed by atoms with Gasteiger partial charge < -0.3 is 0 Å². The quantitative estimate of drug-likeness (QED) is 0.712. The van der Waals surface area contributed by atoms with E-state index >= 15 is 0 Å². The molecule has 19 heavy (non-hydrogen) atoms. The first-order chi connectivity index (χ1) is 9.13. The van der Waals surface area contributed by atoms with Gasteiger partial charge in [0.05, 0.1) is 8.07 Å². The first kappa shape index (κ1) is 14.1. The minimum absolute atomic E-state index is 1.15. The molecule has 1 heteroatoms. The fourth-order valence-corrected chi connectivity index (χ4v) is 5.53. The van der Waals surface area contributed by atoms with Gasteiger partial charge in [-0.05, 0) is 36.1 Å². The van der Waals surface area contributed by atoms with Gasteiger partial charge in [-0.2, -0.15) is 0 Å². The van der Waals surface area contributed by atoms with Crippen LogP contribution >= 0.6 is 0 Å². The van der Waals surface area contributed by atoms with E-state index in [0.717, 1.165) is 6.42 Å². The predicted octanol–water partition coefficient (Wildman–Crippen LogP) is 4.21. The number of aryl methyl sites for hydroxylation is 2. The lowest BCUT2D eigenvalue weighted by Gasteiger charge is -2.25. The van der Waals surface area contributed by atoms with Gasteiger partial charge in [-0.15, -0.1) is 0 Å². The van der Waals surface area contributed by atoms with Crippen molar-refractivity contribution < 1.29 is 0 Å². The van der Waals surface area contributed by atoms with Crippen LogP contribution < -0.4 is 5.19 Å². The van der Waals surface area contributed by atoms with Gasteiger partial charge >= 0.3 is 0 Å². The Labute approximate surface area is 118 Å². The Hall–Kier alpha value is -1.34. The van der Waals surface area contributed by atoms with E-state index in [9.17, 15) is 0 Å². The van der Waals surface area contributed by atoms with Crippen LogP contribution in [0.1, 0.15) is 18.1 Å². The second-order valence-corrected chi connectivity index (χ2v) is 10.6. The Morgan fingerprint density at radius 3 is 2.37 bits per heavy atom. The first-order valence-corrected chi connectivity index (χ1v) is 10.4. The van der Waals surface area contributed by atoms with Gasteiger partial charge in [0.2, 0.25) is 0 Å². The topological polar surface area (TPSA) is 0 Å². The van der Waals surface area contributed by atoms with Crippen molar-refractivity contribution in [2.24, 2.45) is 0 Å². The predicted molar refractivity (Wildman–Crippen MR) is 86.7 cm³/mol. The van der Waals surface area contributed by atoms with Gasteiger partial charge in [0.15, 0.2) is 0 Å². The molecule has 1 radical (unpaired) electrons. The van der Waals surface area contributed by atoms with Crippen LogP contribution in [0.5, 0.6) is 0 Å². The van der Waals surface area contributed by atoms with Crippen LogP contribution in [0.4, 0.5) is 0 Å². The minimum atomic E-state index is -1.34. The Bertz CT molecular complexity index is 514. The molecule has 99 valence electrons. The average Bonchev–Trinajstić information content (AvgIpc) is 2.46. The summed E-state index contributed by atoms with van der Waals surface area (Å²) < 4.78 is 0. The molecule has 0 amide bonds. The minimum Gasteiger partial charge on any atom is -0.0654 e. The molecule has 0 aromatic heterocycles. The molecule has 0 aliphatic carbocycles. The van der Waals surface area contributed by atoms with Crippen molar-refractivity contribution in [1.29, 1.82) is 0 Å². The standard InChI is InChI=1S/C18H23Si/c1-4-17-12-8-9-13-18(17)19(2,3)15-14-16-10-6-5-7-11-16/h6-13H,4,14-15H2,1-3H3. The highest BCUT2D eigenvalue weighted by molar-refractivity contribution is 6.90. The number of benzene rings is 2. The lowest BCUT2D eigenvalue weighted by atomic mass is 10.2. The summed E-state index contributed by atoms with van der Waals surface area (Å²) in [6.45, 7) is 7.25. The van der Waals surface area contributed by atoms with E-state index in [2.05, 4.69) is 62.5 Å².